The molecule has 3 nitrogen and oxygen atoms in total. The first-order valence-corrected chi connectivity index (χ1v) is 7.90. The molecule has 0 radical (unpaired) electrons. The Morgan fingerprint density at radius 2 is 2.21 bits per heavy atom. The van der Waals surface area contributed by atoms with E-state index in [1.54, 1.807) is 11.8 Å². The number of halogens is 1. The highest BCUT2D eigenvalue weighted by atomic mass is 79.9. The minimum absolute atomic E-state index is 0.358. The fraction of sp³-hybridized carbons (Fsp3) is 0.357. The standard InChI is InChI=1S/C14H18BrN3S/c1-4-16-10(2)13-6-5-11(7-14(13)15)19-12-8-17-18(3)9-12/h5-10,16H,4H2,1-3H3. The van der Waals surface area contributed by atoms with Crippen LogP contribution in [0.1, 0.15) is 25.5 Å². The predicted molar refractivity (Wildman–Crippen MR) is 83.6 cm³/mol. The number of nitrogens with one attached hydrogen (secondary N) is 1. The van der Waals surface area contributed by atoms with Crippen LogP contribution in [0, 0.1) is 0 Å². The molecule has 0 fully saturated rings. The van der Waals surface area contributed by atoms with Crippen LogP contribution in [-0.4, -0.2) is 16.3 Å². The van der Waals surface area contributed by atoms with Gasteiger partial charge in [0.25, 0.3) is 0 Å². The van der Waals surface area contributed by atoms with Crippen molar-refractivity contribution in [3.63, 3.8) is 0 Å². The summed E-state index contributed by atoms with van der Waals surface area (Å²) in [5.74, 6) is 0. The fourth-order valence-electron chi connectivity index (χ4n) is 1.93. The van der Waals surface area contributed by atoms with Gasteiger partial charge in [0.2, 0.25) is 0 Å². The first kappa shape index (κ1) is 14.6. The van der Waals surface area contributed by atoms with E-state index in [4.69, 9.17) is 0 Å². The van der Waals surface area contributed by atoms with Crippen molar-refractivity contribution >= 4 is 27.7 Å². The maximum atomic E-state index is 4.18. The maximum Gasteiger partial charge on any atom is 0.0629 e. The van der Waals surface area contributed by atoms with Gasteiger partial charge in [-0.25, -0.2) is 0 Å². The molecule has 5 heteroatoms. The molecule has 19 heavy (non-hydrogen) atoms. The second kappa shape index (κ2) is 6.59. The molecule has 0 amide bonds. The van der Waals surface area contributed by atoms with Gasteiger partial charge in [-0.3, -0.25) is 4.68 Å². The lowest BCUT2D eigenvalue weighted by Crippen LogP contribution is -2.17. The van der Waals surface area contributed by atoms with Crippen LogP contribution in [0.2, 0.25) is 0 Å². The number of nitrogens with zero attached hydrogens (tertiary/aromatic N) is 2. The number of aryl methyl sites for hydroxylation is 1. The molecule has 1 aromatic heterocycles. The van der Waals surface area contributed by atoms with Gasteiger partial charge in [-0.1, -0.05) is 40.7 Å². The molecule has 1 aromatic carbocycles. The van der Waals surface area contributed by atoms with Gasteiger partial charge in [-0.05, 0) is 31.2 Å². The molecule has 0 aliphatic rings. The van der Waals surface area contributed by atoms with Crippen molar-refractivity contribution < 1.29 is 0 Å². The predicted octanol–water partition coefficient (Wildman–Crippen LogP) is 4.00. The van der Waals surface area contributed by atoms with E-state index >= 15 is 0 Å². The van der Waals surface area contributed by atoms with E-state index in [0.29, 0.717) is 6.04 Å². The minimum atomic E-state index is 0.358. The second-order valence-corrected chi connectivity index (χ2v) is 6.42. The summed E-state index contributed by atoms with van der Waals surface area (Å²) < 4.78 is 2.97. The Hall–Kier alpha value is -0.780. The molecule has 0 bridgehead atoms. The van der Waals surface area contributed by atoms with Crippen LogP contribution >= 0.6 is 27.7 Å². The Balaban J connectivity index is 2.14. The molecule has 0 spiro atoms. The lowest BCUT2D eigenvalue weighted by Gasteiger charge is -2.15. The van der Waals surface area contributed by atoms with Gasteiger partial charge in [0.1, 0.15) is 0 Å². The fourth-order valence-corrected chi connectivity index (χ4v) is 3.69. The molecule has 1 N–H and O–H groups in total. The van der Waals surface area contributed by atoms with E-state index in [0.717, 1.165) is 15.9 Å². The summed E-state index contributed by atoms with van der Waals surface area (Å²) in [7, 11) is 1.93. The monoisotopic (exact) mass is 339 g/mol. The molecule has 0 aliphatic carbocycles. The Kier molecular flexibility index (Phi) is 5.07. The highest BCUT2D eigenvalue weighted by Crippen LogP contribution is 2.32. The van der Waals surface area contributed by atoms with Gasteiger partial charge in [0.15, 0.2) is 0 Å². The summed E-state index contributed by atoms with van der Waals surface area (Å²) in [5.41, 5.74) is 1.29. The quantitative estimate of drug-likeness (QED) is 0.892. The van der Waals surface area contributed by atoms with Crippen LogP contribution in [-0.2, 0) is 7.05 Å². The zero-order chi connectivity index (χ0) is 13.8. The average Bonchev–Trinajstić information content (AvgIpc) is 2.75. The number of hydrogen-bond acceptors (Lipinski definition) is 3. The summed E-state index contributed by atoms with van der Waals surface area (Å²) in [5, 5.41) is 7.60. The van der Waals surface area contributed by atoms with E-state index in [-0.39, 0.29) is 0 Å². The highest BCUT2D eigenvalue weighted by molar-refractivity contribution is 9.10. The zero-order valence-corrected chi connectivity index (χ0v) is 13.8. The van der Waals surface area contributed by atoms with Crippen molar-refractivity contribution in [3.8, 4) is 0 Å². The number of hydrogen-bond donors (Lipinski definition) is 1. The average molecular weight is 340 g/mol. The largest absolute Gasteiger partial charge is 0.310 e. The molecule has 0 saturated heterocycles. The molecule has 1 atom stereocenters. The van der Waals surface area contributed by atoms with Crippen molar-refractivity contribution in [2.24, 2.45) is 7.05 Å². The van der Waals surface area contributed by atoms with Crippen molar-refractivity contribution in [2.75, 3.05) is 6.54 Å². The van der Waals surface area contributed by atoms with Crippen LogP contribution in [0.25, 0.3) is 0 Å². The van der Waals surface area contributed by atoms with Crippen molar-refractivity contribution in [1.82, 2.24) is 15.1 Å². The third-order valence-electron chi connectivity index (χ3n) is 2.87. The van der Waals surface area contributed by atoms with Crippen molar-refractivity contribution in [2.45, 2.75) is 29.7 Å². The Morgan fingerprint density at radius 1 is 1.42 bits per heavy atom. The Morgan fingerprint density at radius 3 is 2.79 bits per heavy atom. The van der Waals surface area contributed by atoms with Gasteiger partial charge < -0.3 is 5.32 Å². The van der Waals surface area contributed by atoms with E-state index in [9.17, 15) is 0 Å². The topological polar surface area (TPSA) is 29.9 Å². The third-order valence-corrected chi connectivity index (χ3v) is 4.49. The zero-order valence-electron chi connectivity index (χ0n) is 11.4. The Labute approximate surface area is 126 Å². The smallest absolute Gasteiger partial charge is 0.0629 e. The molecule has 1 unspecified atom stereocenters. The third kappa shape index (κ3) is 3.84. The first-order valence-electron chi connectivity index (χ1n) is 6.29. The minimum Gasteiger partial charge on any atom is -0.310 e. The van der Waals surface area contributed by atoms with Crippen LogP contribution in [0.3, 0.4) is 0 Å². The van der Waals surface area contributed by atoms with E-state index in [1.165, 1.54) is 10.5 Å². The summed E-state index contributed by atoms with van der Waals surface area (Å²) >= 11 is 5.38. The summed E-state index contributed by atoms with van der Waals surface area (Å²) in [6.07, 6.45) is 3.90. The van der Waals surface area contributed by atoms with E-state index in [1.807, 2.05) is 24.1 Å². The van der Waals surface area contributed by atoms with Crippen LogP contribution < -0.4 is 5.32 Å². The first-order chi connectivity index (χ1) is 9.10. The number of benzene rings is 1. The lowest BCUT2D eigenvalue weighted by atomic mass is 10.1. The molecule has 0 aliphatic heterocycles. The van der Waals surface area contributed by atoms with Gasteiger partial charge >= 0.3 is 0 Å². The van der Waals surface area contributed by atoms with E-state index in [2.05, 4.69) is 58.4 Å². The van der Waals surface area contributed by atoms with Crippen LogP contribution in [0.5, 0.6) is 0 Å². The highest BCUT2D eigenvalue weighted by Gasteiger charge is 2.09. The SMILES string of the molecule is CCNC(C)c1ccc(Sc2cnn(C)c2)cc1Br. The van der Waals surface area contributed by atoms with Gasteiger partial charge in [0, 0.05) is 28.7 Å². The molecule has 1 heterocycles. The summed E-state index contributed by atoms with van der Waals surface area (Å²) in [6, 6.07) is 6.86. The van der Waals surface area contributed by atoms with E-state index < -0.39 is 0 Å². The normalized spacial score (nSPS) is 12.6. The molecule has 0 saturated carbocycles. The van der Waals surface area contributed by atoms with Crippen molar-refractivity contribution in [3.05, 3.63) is 40.6 Å². The summed E-state index contributed by atoms with van der Waals surface area (Å²) in [4.78, 5) is 2.37. The lowest BCUT2D eigenvalue weighted by molar-refractivity contribution is 0.595. The second-order valence-electron chi connectivity index (χ2n) is 4.41. The maximum absolute atomic E-state index is 4.18. The Bertz CT molecular complexity index is 553. The number of rotatable bonds is 5. The van der Waals surface area contributed by atoms with Gasteiger partial charge in [-0.15, -0.1) is 0 Å². The molecule has 2 aromatic rings. The van der Waals surface area contributed by atoms with Crippen LogP contribution in [0.4, 0.5) is 0 Å². The van der Waals surface area contributed by atoms with Gasteiger partial charge in [0.05, 0.1) is 11.1 Å². The molecule has 2 rings (SSSR count). The number of aromatic nitrogens is 2. The molecule has 102 valence electrons. The van der Waals surface area contributed by atoms with Crippen LogP contribution in [0.15, 0.2) is 44.9 Å². The molecular weight excluding hydrogens is 322 g/mol. The van der Waals surface area contributed by atoms with Crippen molar-refractivity contribution in [1.29, 1.82) is 0 Å². The molecular formula is C14H18BrN3S. The van der Waals surface area contributed by atoms with Gasteiger partial charge in [-0.2, -0.15) is 5.10 Å². The summed E-state index contributed by atoms with van der Waals surface area (Å²) in [6.45, 7) is 5.27.